The molecule has 0 bridgehead atoms. The molecular weight excluding hydrogens is 324 g/mol. The van der Waals surface area contributed by atoms with E-state index in [0.29, 0.717) is 29.6 Å². The Morgan fingerprint density at radius 2 is 1.07 bits per heavy atom. The van der Waals surface area contributed by atoms with Crippen molar-refractivity contribution in [3.05, 3.63) is 70.3 Å². The maximum absolute atomic E-state index is 2.44. The topological polar surface area (TPSA) is 0 Å². The second-order valence-electron chi connectivity index (χ2n) is 9.53. The molecule has 0 aromatic heterocycles. The average molecular weight is 365 g/mol. The first-order valence-electron chi connectivity index (χ1n) is 10.9. The van der Waals surface area contributed by atoms with Crippen molar-refractivity contribution in [1.29, 1.82) is 0 Å². The van der Waals surface area contributed by atoms with Crippen molar-refractivity contribution < 1.29 is 0 Å². The summed E-state index contributed by atoms with van der Waals surface area (Å²) in [5.74, 6) is 3.05. The van der Waals surface area contributed by atoms with Gasteiger partial charge in [-0.15, -0.1) is 0 Å². The highest BCUT2D eigenvalue weighted by molar-refractivity contribution is 5.34. The predicted molar refractivity (Wildman–Crippen MR) is 121 cm³/mol. The molecule has 0 heterocycles. The fourth-order valence-corrected chi connectivity index (χ4v) is 3.91. The molecule has 0 aliphatic heterocycles. The molecule has 0 aliphatic rings. The molecule has 148 valence electrons. The van der Waals surface area contributed by atoms with Gasteiger partial charge >= 0.3 is 0 Å². The van der Waals surface area contributed by atoms with Gasteiger partial charge in [0.25, 0.3) is 0 Å². The van der Waals surface area contributed by atoms with Crippen molar-refractivity contribution in [3.8, 4) is 0 Å². The molecule has 1 unspecified atom stereocenters. The summed E-state index contributed by atoms with van der Waals surface area (Å²) in [6.07, 6.45) is 2.38. The van der Waals surface area contributed by atoms with Gasteiger partial charge < -0.3 is 0 Å². The molecule has 0 nitrogen and oxygen atoms in total. The standard InChI is InChI=1S/C27H40/c1-18(2)23-10-9-11-24(16-23)27(21(7)8)13-12-22-14-25(19(3)4)17-26(15-22)20(5)6/h9-11,14-21,27H,12-13H2,1-8H3. The Labute approximate surface area is 168 Å². The van der Waals surface area contributed by atoms with Gasteiger partial charge in [0, 0.05) is 0 Å². The highest BCUT2D eigenvalue weighted by atomic mass is 14.2. The van der Waals surface area contributed by atoms with E-state index < -0.39 is 0 Å². The van der Waals surface area contributed by atoms with Crippen LogP contribution in [-0.4, -0.2) is 0 Å². The van der Waals surface area contributed by atoms with Crippen molar-refractivity contribution >= 4 is 0 Å². The lowest BCUT2D eigenvalue weighted by Crippen LogP contribution is -2.09. The van der Waals surface area contributed by atoms with Gasteiger partial charge in [-0.1, -0.05) is 97.9 Å². The Morgan fingerprint density at radius 3 is 1.56 bits per heavy atom. The summed E-state index contributed by atoms with van der Waals surface area (Å²) in [6.45, 7) is 18.5. The summed E-state index contributed by atoms with van der Waals surface area (Å²) >= 11 is 0. The van der Waals surface area contributed by atoms with Crippen LogP contribution in [0.3, 0.4) is 0 Å². The highest BCUT2D eigenvalue weighted by Gasteiger charge is 2.17. The first kappa shape index (κ1) is 21.7. The molecule has 0 fully saturated rings. The predicted octanol–water partition coefficient (Wildman–Crippen LogP) is 8.43. The maximum atomic E-state index is 2.44. The number of rotatable bonds is 8. The van der Waals surface area contributed by atoms with E-state index in [2.05, 4.69) is 97.9 Å². The van der Waals surface area contributed by atoms with E-state index in [1.54, 1.807) is 0 Å². The first-order valence-corrected chi connectivity index (χ1v) is 10.9. The summed E-state index contributed by atoms with van der Waals surface area (Å²) in [5.41, 5.74) is 7.45. The third-order valence-electron chi connectivity index (χ3n) is 5.93. The third kappa shape index (κ3) is 5.96. The minimum Gasteiger partial charge on any atom is -0.0622 e. The summed E-state index contributed by atoms with van der Waals surface area (Å²) in [6, 6.07) is 16.6. The van der Waals surface area contributed by atoms with Gasteiger partial charge in [-0.05, 0) is 70.2 Å². The van der Waals surface area contributed by atoms with Crippen LogP contribution in [0.2, 0.25) is 0 Å². The van der Waals surface area contributed by atoms with Crippen molar-refractivity contribution in [2.75, 3.05) is 0 Å². The van der Waals surface area contributed by atoms with Crippen molar-refractivity contribution in [1.82, 2.24) is 0 Å². The zero-order chi connectivity index (χ0) is 20.1. The molecular formula is C27H40. The summed E-state index contributed by atoms with van der Waals surface area (Å²) in [5, 5.41) is 0. The summed E-state index contributed by atoms with van der Waals surface area (Å²) < 4.78 is 0. The maximum Gasteiger partial charge on any atom is -0.0136 e. The summed E-state index contributed by atoms with van der Waals surface area (Å²) in [7, 11) is 0. The Morgan fingerprint density at radius 1 is 0.593 bits per heavy atom. The lowest BCUT2D eigenvalue weighted by molar-refractivity contribution is 0.467. The Balaban J connectivity index is 2.25. The SMILES string of the molecule is CC(C)c1cc(CCC(c2cccc(C(C)C)c2)C(C)C)cc(C(C)C)c1. The van der Waals surface area contributed by atoms with Crippen LogP contribution in [0.15, 0.2) is 42.5 Å². The van der Waals surface area contributed by atoms with Gasteiger partial charge in [-0.25, -0.2) is 0 Å². The molecule has 0 aliphatic carbocycles. The zero-order valence-corrected chi connectivity index (χ0v) is 18.8. The van der Waals surface area contributed by atoms with Crippen LogP contribution in [0.5, 0.6) is 0 Å². The van der Waals surface area contributed by atoms with Crippen LogP contribution in [0.25, 0.3) is 0 Å². The van der Waals surface area contributed by atoms with Gasteiger partial charge in [0.15, 0.2) is 0 Å². The molecule has 1 atom stereocenters. The second kappa shape index (κ2) is 9.58. The van der Waals surface area contributed by atoms with Crippen molar-refractivity contribution in [2.45, 2.75) is 91.9 Å². The molecule has 0 saturated heterocycles. The Kier molecular flexibility index (Phi) is 7.71. The van der Waals surface area contributed by atoms with Gasteiger partial charge in [0.05, 0.1) is 0 Å². The lowest BCUT2D eigenvalue weighted by Gasteiger charge is -2.23. The largest absolute Gasteiger partial charge is 0.0622 e. The minimum absolute atomic E-state index is 0.589. The number of benzene rings is 2. The number of hydrogen-bond donors (Lipinski definition) is 0. The molecule has 27 heavy (non-hydrogen) atoms. The quantitative estimate of drug-likeness (QED) is 0.441. The van der Waals surface area contributed by atoms with Crippen LogP contribution in [0.4, 0.5) is 0 Å². The van der Waals surface area contributed by atoms with Crippen LogP contribution in [-0.2, 0) is 6.42 Å². The highest BCUT2D eigenvalue weighted by Crippen LogP contribution is 2.32. The van der Waals surface area contributed by atoms with E-state index in [1.165, 1.54) is 34.2 Å². The molecule has 0 radical (unpaired) electrons. The molecule has 0 saturated carbocycles. The second-order valence-corrected chi connectivity index (χ2v) is 9.53. The van der Waals surface area contributed by atoms with Crippen LogP contribution < -0.4 is 0 Å². The van der Waals surface area contributed by atoms with Crippen LogP contribution in [0.1, 0.15) is 113 Å². The fourth-order valence-electron chi connectivity index (χ4n) is 3.91. The van der Waals surface area contributed by atoms with E-state index in [9.17, 15) is 0 Å². The van der Waals surface area contributed by atoms with Crippen LogP contribution in [0, 0.1) is 5.92 Å². The lowest BCUT2D eigenvalue weighted by atomic mass is 9.82. The van der Waals surface area contributed by atoms with Gasteiger partial charge in [0.1, 0.15) is 0 Å². The smallest absolute Gasteiger partial charge is 0.0136 e. The van der Waals surface area contributed by atoms with Crippen molar-refractivity contribution in [2.24, 2.45) is 5.92 Å². The molecule has 0 amide bonds. The first-order chi connectivity index (χ1) is 12.7. The molecule has 0 spiro atoms. The molecule has 2 aromatic carbocycles. The van der Waals surface area contributed by atoms with Gasteiger partial charge in [-0.2, -0.15) is 0 Å². The molecule has 2 rings (SSSR count). The van der Waals surface area contributed by atoms with Gasteiger partial charge in [-0.3, -0.25) is 0 Å². The van der Waals surface area contributed by atoms with E-state index in [0.717, 1.165) is 6.42 Å². The average Bonchev–Trinajstić information content (AvgIpc) is 2.61. The zero-order valence-electron chi connectivity index (χ0n) is 18.8. The third-order valence-corrected chi connectivity index (χ3v) is 5.93. The fraction of sp³-hybridized carbons (Fsp3) is 0.556. The monoisotopic (exact) mass is 364 g/mol. The molecule has 0 N–H and O–H groups in total. The van der Waals surface area contributed by atoms with Gasteiger partial charge in [0.2, 0.25) is 0 Å². The summed E-state index contributed by atoms with van der Waals surface area (Å²) in [4.78, 5) is 0. The van der Waals surface area contributed by atoms with Crippen LogP contribution >= 0.6 is 0 Å². The number of hydrogen-bond acceptors (Lipinski definition) is 0. The van der Waals surface area contributed by atoms with E-state index in [1.807, 2.05) is 0 Å². The normalized spacial score (nSPS) is 13.2. The Bertz CT molecular complexity index is 692. The van der Waals surface area contributed by atoms with E-state index in [4.69, 9.17) is 0 Å². The van der Waals surface area contributed by atoms with E-state index in [-0.39, 0.29) is 0 Å². The number of aryl methyl sites for hydroxylation is 1. The van der Waals surface area contributed by atoms with Crippen molar-refractivity contribution in [3.63, 3.8) is 0 Å². The molecule has 2 aromatic rings. The molecule has 0 heteroatoms. The Hall–Kier alpha value is -1.56. The van der Waals surface area contributed by atoms with E-state index >= 15 is 0 Å². The minimum atomic E-state index is 0.589.